The minimum Gasteiger partial charge on any atom is -1.00 e. The molecule has 0 spiro atoms. The summed E-state index contributed by atoms with van der Waals surface area (Å²) in [6.07, 6.45) is 1.98. The third kappa shape index (κ3) is 13.6. The molecule has 0 bridgehead atoms. The van der Waals surface area contributed by atoms with Crippen LogP contribution in [0, 0.1) is 37.5 Å². The summed E-state index contributed by atoms with van der Waals surface area (Å²) in [5.74, 6) is 11.4. The van der Waals surface area contributed by atoms with Crippen molar-refractivity contribution in [3.8, 4) is 35.2 Å². The summed E-state index contributed by atoms with van der Waals surface area (Å²) >= 11 is 3.64. The maximum atomic E-state index is 13.1. The van der Waals surface area contributed by atoms with Crippen LogP contribution in [-0.2, 0) is 66.6 Å². The zero-order chi connectivity index (χ0) is 45.1. The number of benzene rings is 4. The number of rotatable bonds is 16. The minimum absolute atomic E-state index is 0. The number of carbonyl (C=O) groups excluding carboxylic acids is 2. The minimum atomic E-state index is -0.634. The van der Waals surface area contributed by atoms with E-state index >= 15 is 0 Å². The molecule has 0 radical (unpaired) electrons. The van der Waals surface area contributed by atoms with Gasteiger partial charge in [0.25, 0.3) is 0 Å². The number of nitrogens with zero attached hydrogens (tertiary/aromatic N) is 4. The van der Waals surface area contributed by atoms with Crippen molar-refractivity contribution in [2.75, 3.05) is 13.1 Å². The van der Waals surface area contributed by atoms with Gasteiger partial charge in [-0.1, -0.05) is 84.6 Å². The van der Waals surface area contributed by atoms with Crippen molar-refractivity contribution in [3.05, 3.63) is 162 Å². The van der Waals surface area contributed by atoms with E-state index in [1.165, 1.54) is 32.3 Å². The van der Waals surface area contributed by atoms with Gasteiger partial charge in [0.2, 0.25) is 0 Å². The summed E-state index contributed by atoms with van der Waals surface area (Å²) < 4.78 is 17.7. The molecule has 0 saturated carbocycles. The van der Waals surface area contributed by atoms with E-state index < -0.39 is 23.8 Å². The number of hydrogen-bond donors (Lipinski definition) is 0. The SMILES string of the molecule is CC#CC(CC(=O)OC(=O)C[C@H](C#CC)c1ccc(OCc2cccc(CN3CCc4sc(C)nc4C3)c2)cc1)c1ccc(OCc2cccc(CN3CCc4sc(C)nc4C3)c2)cc1.[Ca+2].[H-].[H-]. The molecule has 0 aliphatic carbocycles. The smallest absolute Gasteiger partial charge is 1.00 e. The summed E-state index contributed by atoms with van der Waals surface area (Å²) in [7, 11) is 0. The number of aryl methyl sites for hydroxylation is 2. The molecule has 2 atom stereocenters. The van der Waals surface area contributed by atoms with Gasteiger partial charge in [0.1, 0.15) is 24.7 Å². The molecule has 2 aromatic heterocycles. The van der Waals surface area contributed by atoms with Crippen LogP contribution < -0.4 is 9.47 Å². The molecule has 0 N–H and O–H groups in total. The Kier molecular flexibility index (Phi) is 17.7. The zero-order valence-corrected chi connectivity index (χ0v) is 42.1. The van der Waals surface area contributed by atoms with E-state index in [0.29, 0.717) is 24.7 Å². The summed E-state index contributed by atoms with van der Waals surface area (Å²) in [6, 6.07) is 32.2. The third-order valence-electron chi connectivity index (χ3n) is 11.6. The molecule has 8 rings (SSSR count). The number of aromatic nitrogens is 2. The summed E-state index contributed by atoms with van der Waals surface area (Å²) in [6.45, 7) is 14.1. The second-order valence-corrected chi connectivity index (χ2v) is 19.2. The monoisotopic (exact) mass is 944 g/mol. The molecule has 336 valence electrons. The Morgan fingerprint density at radius 1 is 0.636 bits per heavy atom. The average molecular weight is 945 g/mol. The van der Waals surface area contributed by atoms with Crippen LogP contribution in [-0.4, -0.2) is 82.5 Å². The van der Waals surface area contributed by atoms with E-state index in [2.05, 4.69) is 95.9 Å². The van der Waals surface area contributed by atoms with Crippen LogP contribution in [0.25, 0.3) is 0 Å². The molecule has 0 fully saturated rings. The van der Waals surface area contributed by atoms with Gasteiger partial charge < -0.3 is 17.1 Å². The van der Waals surface area contributed by atoms with E-state index in [1.807, 2.05) is 71.2 Å². The van der Waals surface area contributed by atoms with Crippen molar-refractivity contribution >= 4 is 72.4 Å². The molecule has 4 aromatic carbocycles. The fourth-order valence-electron chi connectivity index (χ4n) is 8.51. The predicted molar refractivity (Wildman–Crippen MR) is 264 cm³/mol. The summed E-state index contributed by atoms with van der Waals surface area (Å²) in [5, 5.41) is 2.28. The van der Waals surface area contributed by atoms with E-state index in [0.717, 1.165) is 84.4 Å². The molecule has 4 heterocycles. The van der Waals surface area contributed by atoms with Crippen molar-refractivity contribution in [2.45, 2.75) is 105 Å². The molecule has 2 aliphatic heterocycles. The van der Waals surface area contributed by atoms with Gasteiger partial charge in [0, 0.05) is 49.0 Å². The molecule has 66 heavy (non-hydrogen) atoms. The fraction of sp³-hybridized carbons (Fsp3) is 0.333. The van der Waals surface area contributed by atoms with Crippen molar-refractivity contribution in [1.29, 1.82) is 0 Å². The van der Waals surface area contributed by atoms with E-state index in [4.69, 9.17) is 24.2 Å². The van der Waals surface area contributed by atoms with Crippen molar-refractivity contribution in [1.82, 2.24) is 19.8 Å². The van der Waals surface area contributed by atoms with Crippen LogP contribution >= 0.6 is 22.7 Å². The van der Waals surface area contributed by atoms with E-state index in [-0.39, 0.29) is 53.4 Å². The molecular formula is C54H56CaN4O5S2. The van der Waals surface area contributed by atoms with Crippen LogP contribution in [0.1, 0.15) is 106 Å². The van der Waals surface area contributed by atoms with Gasteiger partial charge in [-0.3, -0.25) is 19.4 Å². The van der Waals surface area contributed by atoms with Gasteiger partial charge in [-0.2, -0.15) is 0 Å². The standard InChI is InChI=1S/C54H54N4O5S2.Ca.2H/c1-5-9-45(43-15-19-47(20-16-43)61-35-41-13-7-11-39(27-41)31-57-25-23-51-49(33-57)55-37(3)64-51)29-53(59)63-54(60)30-46(10-6-2)44-17-21-48(22-18-44)62-36-42-14-8-12-40(28-42)32-58-26-24-52-50(34-58)56-38(4)65-52;;;/h7-8,11-22,27-28,45-46H,23-26,29-36H2,1-4H3;;;/q;+2;2*-1/t45-,46?;;;/m0.../s1. The molecule has 12 heteroatoms. The van der Waals surface area contributed by atoms with Gasteiger partial charge in [-0.15, -0.1) is 34.5 Å². The second kappa shape index (κ2) is 23.8. The largest absolute Gasteiger partial charge is 2.00 e. The molecule has 2 aliphatic rings. The molecule has 0 saturated heterocycles. The Balaban J connectivity index is 0.00000288. The topological polar surface area (TPSA) is 94.1 Å². The summed E-state index contributed by atoms with van der Waals surface area (Å²) in [4.78, 5) is 43.5. The van der Waals surface area contributed by atoms with Crippen LogP contribution in [0.15, 0.2) is 97.1 Å². The summed E-state index contributed by atoms with van der Waals surface area (Å²) in [5.41, 5.74) is 8.81. The van der Waals surface area contributed by atoms with E-state index in [1.54, 1.807) is 13.8 Å². The van der Waals surface area contributed by atoms with Gasteiger partial charge >= 0.3 is 49.7 Å². The van der Waals surface area contributed by atoms with Crippen LogP contribution in [0.2, 0.25) is 0 Å². The third-order valence-corrected chi connectivity index (χ3v) is 13.8. The van der Waals surface area contributed by atoms with Crippen molar-refractivity contribution in [2.24, 2.45) is 0 Å². The molecule has 6 aromatic rings. The first-order valence-corrected chi connectivity index (χ1v) is 23.8. The Hall–Kier alpha value is -4.82. The number of ether oxygens (including phenoxy) is 3. The Morgan fingerprint density at radius 3 is 1.45 bits per heavy atom. The maximum absolute atomic E-state index is 13.1. The first-order valence-electron chi connectivity index (χ1n) is 22.2. The van der Waals surface area contributed by atoms with Gasteiger partial charge in [0.05, 0.1) is 46.1 Å². The Bertz CT molecular complexity index is 2570. The Morgan fingerprint density at radius 2 is 1.05 bits per heavy atom. The van der Waals surface area contributed by atoms with Gasteiger partial charge in [0.15, 0.2) is 0 Å². The number of hydrogen-bond acceptors (Lipinski definition) is 11. The first-order chi connectivity index (χ1) is 31.7. The van der Waals surface area contributed by atoms with Gasteiger partial charge in [-0.25, -0.2) is 9.97 Å². The predicted octanol–water partition coefficient (Wildman–Crippen LogP) is 10.1. The number of fused-ring (bicyclic) bond motifs is 2. The van der Waals surface area contributed by atoms with E-state index in [9.17, 15) is 9.59 Å². The zero-order valence-electron chi connectivity index (χ0n) is 40.2. The second-order valence-electron chi connectivity index (χ2n) is 16.6. The number of esters is 2. The molecule has 1 unspecified atom stereocenters. The normalized spacial score (nSPS) is 14.2. The van der Waals surface area contributed by atoms with Crippen molar-refractivity contribution < 1.29 is 26.7 Å². The number of thiazole rings is 2. The van der Waals surface area contributed by atoms with Crippen LogP contribution in [0.5, 0.6) is 11.5 Å². The van der Waals surface area contributed by atoms with Gasteiger partial charge in [-0.05, 0) is 98.2 Å². The van der Waals surface area contributed by atoms with Crippen LogP contribution in [0.4, 0.5) is 0 Å². The first kappa shape index (κ1) is 49.1. The van der Waals surface area contributed by atoms with Crippen molar-refractivity contribution in [3.63, 3.8) is 0 Å². The average Bonchev–Trinajstić information content (AvgIpc) is 3.87. The fourth-order valence-corrected chi connectivity index (χ4v) is 10.4. The molecule has 0 amide bonds. The maximum Gasteiger partial charge on any atom is 2.00 e. The quantitative estimate of drug-likeness (QED) is 0.0407. The molecular weight excluding hydrogens is 889 g/mol. The number of carbonyl (C=O) groups is 2. The Labute approximate surface area is 429 Å². The van der Waals surface area contributed by atoms with Crippen LogP contribution in [0.3, 0.4) is 0 Å². The molecule has 9 nitrogen and oxygen atoms in total.